The van der Waals surface area contributed by atoms with Crippen molar-refractivity contribution in [3.8, 4) is 5.75 Å². The highest BCUT2D eigenvalue weighted by atomic mass is 35.5. The van der Waals surface area contributed by atoms with Crippen LogP contribution in [0.5, 0.6) is 5.75 Å². The van der Waals surface area contributed by atoms with Gasteiger partial charge >= 0.3 is 0 Å². The van der Waals surface area contributed by atoms with Crippen molar-refractivity contribution in [1.29, 1.82) is 0 Å². The first kappa shape index (κ1) is 15.8. The zero-order valence-corrected chi connectivity index (χ0v) is 11.9. The van der Waals surface area contributed by atoms with Gasteiger partial charge in [0.2, 0.25) is 0 Å². The predicted octanol–water partition coefficient (Wildman–Crippen LogP) is 1.35. The summed E-state index contributed by atoms with van der Waals surface area (Å²) in [6, 6.07) is 4.29. The molecule has 0 aliphatic heterocycles. The largest absolute Gasteiger partial charge is 0.508 e. The van der Waals surface area contributed by atoms with E-state index in [1.54, 1.807) is 7.11 Å². The number of hydrogen-bond acceptors (Lipinski definition) is 4. The van der Waals surface area contributed by atoms with Crippen LogP contribution in [-0.2, 0) is 4.74 Å². The van der Waals surface area contributed by atoms with E-state index < -0.39 is 0 Å². The number of aromatic hydroxyl groups is 1. The van der Waals surface area contributed by atoms with Gasteiger partial charge in [0.25, 0.3) is 5.91 Å². The summed E-state index contributed by atoms with van der Waals surface area (Å²) in [6.07, 6.45) is 0. The second-order valence-electron chi connectivity index (χ2n) is 4.22. The number of benzene rings is 1. The molecular weight excluding hydrogens is 268 g/mol. The molecule has 0 aliphatic rings. The minimum absolute atomic E-state index is 0.0202. The molecule has 1 aromatic carbocycles. The fraction of sp³-hybridized carbons (Fsp3) is 0.462. The number of phenolic OH excluding ortho intramolecular Hbond substituents is 1. The molecule has 0 aromatic heterocycles. The normalized spacial score (nSPS) is 10.7. The van der Waals surface area contributed by atoms with Crippen LogP contribution in [0.1, 0.15) is 10.4 Å². The van der Waals surface area contributed by atoms with Crippen molar-refractivity contribution in [2.45, 2.75) is 0 Å². The van der Waals surface area contributed by atoms with E-state index in [1.807, 2.05) is 11.9 Å². The molecule has 1 rings (SSSR count). The van der Waals surface area contributed by atoms with E-state index in [-0.39, 0.29) is 17.2 Å². The Kier molecular flexibility index (Phi) is 6.62. The molecule has 0 saturated heterocycles. The Labute approximate surface area is 118 Å². The standard InChI is InChI=1S/C13H19ClN2O3/c1-16(7-8-19-2)6-5-15-13(18)11-9-10(17)3-4-12(11)14/h3-4,9,17H,5-8H2,1-2H3,(H,15,18). The number of carbonyl (C=O) groups is 1. The summed E-state index contributed by atoms with van der Waals surface area (Å²) >= 11 is 5.90. The van der Waals surface area contributed by atoms with Crippen LogP contribution in [0.15, 0.2) is 18.2 Å². The summed E-state index contributed by atoms with van der Waals surface area (Å²) in [5, 5.41) is 12.4. The van der Waals surface area contributed by atoms with Gasteiger partial charge in [-0.05, 0) is 25.2 Å². The lowest BCUT2D eigenvalue weighted by atomic mass is 10.2. The minimum atomic E-state index is -0.291. The lowest BCUT2D eigenvalue weighted by Gasteiger charge is -2.16. The summed E-state index contributed by atoms with van der Waals surface area (Å²) in [7, 11) is 3.60. The lowest BCUT2D eigenvalue weighted by molar-refractivity contribution is 0.0947. The third kappa shape index (κ3) is 5.46. The molecule has 0 spiro atoms. The first-order valence-corrected chi connectivity index (χ1v) is 6.36. The van der Waals surface area contributed by atoms with Crippen molar-refractivity contribution in [2.24, 2.45) is 0 Å². The maximum absolute atomic E-state index is 11.9. The highest BCUT2D eigenvalue weighted by Crippen LogP contribution is 2.20. The van der Waals surface area contributed by atoms with Crippen LogP contribution >= 0.6 is 11.6 Å². The number of rotatable bonds is 7. The molecule has 6 heteroatoms. The molecule has 0 bridgehead atoms. The quantitative estimate of drug-likeness (QED) is 0.794. The molecule has 0 unspecified atom stereocenters. The van der Waals surface area contributed by atoms with Gasteiger partial charge in [0.1, 0.15) is 5.75 Å². The average molecular weight is 287 g/mol. The van der Waals surface area contributed by atoms with E-state index in [0.717, 1.165) is 6.54 Å². The summed E-state index contributed by atoms with van der Waals surface area (Å²) in [5.74, 6) is -0.271. The summed E-state index contributed by atoms with van der Waals surface area (Å²) in [5.41, 5.74) is 0.279. The van der Waals surface area contributed by atoms with Gasteiger partial charge in [0.05, 0.1) is 17.2 Å². The number of halogens is 1. The Morgan fingerprint density at radius 2 is 2.21 bits per heavy atom. The molecule has 106 valence electrons. The molecule has 19 heavy (non-hydrogen) atoms. The smallest absolute Gasteiger partial charge is 0.252 e. The topological polar surface area (TPSA) is 61.8 Å². The Bertz CT molecular complexity index is 426. The molecule has 0 saturated carbocycles. The van der Waals surface area contributed by atoms with Gasteiger partial charge in [0, 0.05) is 26.7 Å². The molecule has 2 N–H and O–H groups in total. The van der Waals surface area contributed by atoms with Crippen LogP contribution in [-0.4, -0.2) is 56.3 Å². The number of methoxy groups -OCH3 is 1. The molecule has 0 atom stereocenters. The SMILES string of the molecule is COCCN(C)CCNC(=O)c1cc(O)ccc1Cl. The van der Waals surface area contributed by atoms with Crippen molar-refractivity contribution in [3.05, 3.63) is 28.8 Å². The van der Waals surface area contributed by atoms with Crippen LogP contribution in [0.4, 0.5) is 0 Å². The maximum Gasteiger partial charge on any atom is 0.252 e. The lowest BCUT2D eigenvalue weighted by Crippen LogP contribution is -2.34. The average Bonchev–Trinajstić information content (AvgIpc) is 2.39. The van der Waals surface area contributed by atoms with Crippen molar-refractivity contribution in [1.82, 2.24) is 10.2 Å². The minimum Gasteiger partial charge on any atom is -0.508 e. The van der Waals surface area contributed by atoms with E-state index in [1.165, 1.54) is 18.2 Å². The van der Waals surface area contributed by atoms with E-state index in [4.69, 9.17) is 16.3 Å². The Morgan fingerprint density at radius 3 is 2.89 bits per heavy atom. The van der Waals surface area contributed by atoms with Crippen LogP contribution in [0, 0.1) is 0 Å². The summed E-state index contributed by atoms with van der Waals surface area (Å²) in [4.78, 5) is 13.9. The van der Waals surface area contributed by atoms with Crippen LogP contribution in [0.25, 0.3) is 0 Å². The highest BCUT2D eigenvalue weighted by molar-refractivity contribution is 6.33. The van der Waals surface area contributed by atoms with E-state index in [0.29, 0.717) is 24.7 Å². The van der Waals surface area contributed by atoms with Crippen LogP contribution < -0.4 is 5.32 Å². The molecule has 1 aromatic rings. The number of ether oxygens (including phenoxy) is 1. The van der Waals surface area contributed by atoms with Gasteiger partial charge in [0.15, 0.2) is 0 Å². The van der Waals surface area contributed by atoms with Crippen molar-refractivity contribution < 1.29 is 14.6 Å². The number of nitrogens with zero attached hydrogens (tertiary/aromatic N) is 1. The van der Waals surface area contributed by atoms with Gasteiger partial charge in [-0.3, -0.25) is 4.79 Å². The second-order valence-corrected chi connectivity index (χ2v) is 4.62. The molecule has 1 amide bonds. The van der Waals surface area contributed by atoms with Crippen LogP contribution in [0.2, 0.25) is 5.02 Å². The van der Waals surface area contributed by atoms with E-state index >= 15 is 0 Å². The third-order valence-corrected chi connectivity index (χ3v) is 2.98. The first-order valence-electron chi connectivity index (χ1n) is 5.98. The van der Waals surface area contributed by atoms with Gasteiger partial charge in [-0.2, -0.15) is 0 Å². The van der Waals surface area contributed by atoms with Gasteiger partial charge < -0.3 is 20.1 Å². The number of phenols is 1. The van der Waals surface area contributed by atoms with Crippen molar-refractivity contribution in [2.75, 3.05) is 40.4 Å². The fourth-order valence-electron chi connectivity index (χ4n) is 1.50. The van der Waals surface area contributed by atoms with Crippen LogP contribution in [0.3, 0.4) is 0 Å². The monoisotopic (exact) mass is 286 g/mol. The van der Waals surface area contributed by atoms with Gasteiger partial charge in [-0.25, -0.2) is 0 Å². The van der Waals surface area contributed by atoms with Gasteiger partial charge in [-0.1, -0.05) is 11.6 Å². The molecule has 0 heterocycles. The first-order chi connectivity index (χ1) is 9.04. The molecule has 0 aliphatic carbocycles. The molecular formula is C13H19ClN2O3. The zero-order valence-electron chi connectivity index (χ0n) is 11.1. The predicted molar refractivity (Wildman–Crippen MR) is 74.8 cm³/mol. The fourth-order valence-corrected chi connectivity index (χ4v) is 1.71. The number of nitrogens with one attached hydrogen (secondary N) is 1. The molecule has 0 fully saturated rings. The third-order valence-electron chi connectivity index (χ3n) is 2.65. The van der Waals surface area contributed by atoms with Gasteiger partial charge in [-0.15, -0.1) is 0 Å². The Morgan fingerprint density at radius 1 is 1.47 bits per heavy atom. The number of likely N-dealkylation sites (N-methyl/N-ethyl adjacent to an activating group) is 1. The summed E-state index contributed by atoms with van der Waals surface area (Å²) < 4.78 is 4.96. The Hall–Kier alpha value is -1.30. The summed E-state index contributed by atoms with van der Waals surface area (Å²) in [6.45, 7) is 2.68. The zero-order chi connectivity index (χ0) is 14.3. The van der Waals surface area contributed by atoms with Crippen molar-refractivity contribution in [3.63, 3.8) is 0 Å². The maximum atomic E-state index is 11.9. The highest BCUT2D eigenvalue weighted by Gasteiger charge is 2.10. The number of amides is 1. The van der Waals surface area contributed by atoms with E-state index in [2.05, 4.69) is 5.32 Å². The number of hydrogen-bond donors (Lipinski definition) is 2. The second kappa shape index (κ2) is 7.99. The van der Waals surface area contributed by atoms with E-state index in [9.17, 15) is 9.90 Å². The molecule has 5 nitrogen and oxygen atoms in total. The molecule has 0 radical (unpaired) electrons. The number of carbonyl (C=O) groups excluding carboxylic acids is 1. The van der Waals surface area contributed by atoms with Crippen molar-refractivity contribution >= 4 is 17.5 Å². The Balaban J connectivity index is 2.41.